The lowest BCUT2D eigenvalue weighted by molar-refractivity contribution is -0.143. The van der Waals surface area contributed by atoms with Gasteiger partial charge in [-0.15, -0.1) is 0 Å². The number of carbonyl (C=O) groups is 1. The summed E-state index contributed by atoms with van der Waals surface area (Å²) in [5, 5.41) is 3.97. The molecule has 2 aliphatic heterocycles. The minimum atomic E-state index is -2.60. The van der Waals surface area contributed by atoms with Crippen molar-refractivity contribution in [1.29, 1.82) is 0 Å². The highest BCUT2D eigenvalue weighted by molar-refractivity contribution is 5.79. The topological polar surface area (TPSA) is 49.6 Å². The number of aryl methyl sites for hydroxylation is 2. The average Bonchev–Trinajstić information content (AvgIpc) is 2.87. The highest BCUT2D eigenvalue weighted by atomic mass is 19.3. The molecule has 1 aromatic heterocycles. The Morgan fingerprint density at radius 1 is 1.21 bits per heavy atom. The van der Waals surface area contributed by atoms with Gasteiger partial charge in [-0.25, -0.2) is 8.78 Å². The van der Waals surface area contributed by atoms with Gasteiger partial charge >= 0.3 is 0 Å². The van der Waals surface area contributed by atoms with E-state index in [0.29, 0.717) is 0 Å². The summed E-state index contributed by atoms with van der Waals surface area (Å²) in [6.07, 6.45) is 1.16. The smallest absolute Gasteiger partial charge is 0.251 e. The zero-order valence-electron chi connectivity index (χ0n) is 14.4. The molecule has 0 atom stereocenters. The summed E-state index contributed by atoms with van der Waals surface area (Å²) in [5.41, 5.74) is 2.04. The second-order valence-corrected chi connectivity index (χ2v) is 7.03. The number of likely N-dealkylation sites (tertiary alicyclic amines) is 2. The molecule has 5 nitrogen and oxygen atoms in total. The molecule has 2 aliphatic rings. The fourth-order valence-corrected chi connectivity index (χ4v) is 3.60. The Kier molecular flexibility index (Phi) is 4.90. The number of hydrogen-bond donors (Lipinski definition) is 0. The van der Waals surface area contributed by atoms with Gasteiger partial charge in [0.1, 0.15) is 5.76 Å². The second kappa shape index (κ2) is 6.78. The van der Waals surface area contributed by atoms with Crippen LogP contribution in [0.25, 0.3) is 0 Å². The van der Waals surface area contributed by atoms with Crippen LogP contribution < -0.4 is 0 Å². The van der Waals surface area contributed by atoms with E-state index in [9.17, 15) is 13.6 Å². The summed E-state index contributed by atoms with van der Waals surface area (Å²) in [6.45, 7) is 6.69. The van der Waals surface area contributed by atoms with E-state index in [2.05, 4.69) is 10.1 Å². The zero-order chi connectivity index (χ0) is 17.3. The SMILES string of the molecule is Cc1noc(C)c1CN1CCC(C(=O)N2CCC(F)(F)CC2)CC1. The van der Waals surface area contributed by atoms with Crippen LogP contribution in [-0.4, -0.2) is 53.0 Å². The fraction of sp³-hybridized carbons (Fsp3) is 0.765. The summed E-state index contributed by atoms with van der Waals surface area (Å²) in [7, 11) is 0. The zero-order valence-corrected chi connectivity index (χ0v) is 14.4. The first-order chi connectivity index (χ1) is 11.4. The standard InChI is InChI=1S/C17H25F2N3O2/c1-12-15(13(2)24-20-12)11-21-7-3-14(4-8-21)16(23)22-9-5-17(18,19)6-10-22/h14H,3-11H2,1-2H3. The molecule has 7 heteroatoms. The van der Waals surface area contributed by atoms with Crippen LogP contribution in [0.2, 0.25) is 0 Å². The number of carbonyl (C=O) groups excluding carboxylic acids is 1. The van der Waals surface area contributed by atoms with Gasteiger partial charge in [0.2, 0.25) is 5.91 Å². The van der Waals surface area contributed by atoms with E-state index in [1.807, 2.05) is 13.8 Å². The van der Waals surface area contributed by atoms with Crippen LogP contribution in [0.3, 0.4) is 0 Å². The Hall–Kier alpha value is -1.50. The van der Waals surface area contributed by atoms with Crippen molar-refractivity contribution in [2.24, 2.45) is 5.92 Å². The van der Waals surface area contributed by atoms with Crippen LogP contribution in [0, 0.1) is 19.8 Å². The highest BCUT2D eigenvalue weighted by Gasteiger charge is 2.37. The molecule has 0 bridgehead atoms. The summed E-state index contributed by atoms with van der Waals surface area (Å²) in [5.74, 6) is -1.73. The molecule has 134 valence electrons. The van der Waals surface area contributed by atoms with Crippen molar-refractivity contribution in [1.82, 2.24) is 15.0 Å². The van der Waals surface area contributed by atoms with Crippen molar-refractivity contribution >= 4 is 5.91 Å². The van der Waals surface area contributed by atoms with Crippen LogP contribution in [0.1, 0.15) is 42.7 Å². The van der Waals surface area contributed by atoms with Gasteiger partial charge in [0.05, 0.1) is 5.69 Å². The van der Waals surface area contributed by atoms with E-state index in [-0.39, 0.29) is 37.8 Å². The summed E-state index contributed by atoms with van der Waals surface area (Å²) in [6, 6.07) is 0. The van der Waals surface area contributed by atoms with Crippen molar-refractivity contribution in [3.63, 3.8) is 0 Å². The molecule has 24 heavy (non-hydrogen) atoms. The Labute approximate surface area is 141 Å². The first-order valence-electron chi connectivity index (χ1n) is 8.66. The molecule has 3 rings (SSSR count). The minimum Gasteiger partial charge on any atom is -0.361 e. The van der Waals surface area contributed by atoms with Crippen molar-refractivity contribution in [3.8, 4) is 0 Å². The van der Waals surface area contributed by atoms with Gasteiger partial charge in [-0.2, -0.15) is 0 Å². The van der Waals surface area contributed by atoms with Crippen LogP contribution in [-0.2, 0) is 11.3 Å². The number of alkyl halides is 2. The predicted molar refractivity (Wildman–Crippen MR) is 84.7 cm³/mol. The Bertz CT molecular complexity index is 565. The number of amides is 1. The maximum Gasteiger partial charge on any atom is 0.251 e. The monoisotopic (exact) mass is 341 g/mol. The van der Waals surface area contributed by atoms with Crippen LogP contribution in [0.15, 0.2) is 4.52 Å². The maximum absolute atomic E-state index is 13.2. The normalized spacial score (nSPS) is 22.8. The molecule has 0 radical (unpaired) electrons. The molecule has 2 saturated heterocycles. The lowest BCUT2D eigenvalue weighted by Gasteiger charge is -2.37. The molecule has 0 aromatic carbocycles. The van der Waals surface area contributed by atoms with Gasteiger partial charge in [0, 0.05) is 44.0 Å². The maximum atomic E-state index is 13.2. The Balaban J connectivity index is 1.49. The van der Waals surface area contributed by atoms with E-state index >= 15 is 0 Å². The van der Waals surface area contributed by atoms with Gasteiger partial charge in [0.15, 0.2) is 0 Å². The van der Waals surface area contributed by atoms with Crippen LogP contribution >= 0.6 is 0 Å². The minimum absolute atomic E-state index is 0.0300. The summed E-state index contributed by atoms with van der Waals surface area (Å²) < 4.78 is 31.6. The first kappa shape index (κ1) is 17.3. The number of halogens is 2. The number of nitrogens with zero attached hydrogens (tertiary/aromatic N) is 3. The van der Waals surface area contributed by atoms with Gasteiger partial charge in [-0.1, -0.05) is 5.16 Å². The number of piperidine rings is 2. The third-order valence-corrected chi connectivity index (χ3v) is 5.31. The van der Waals surface area contributed by atoms with Crippen LogP contribution in [0.5, 0.6) is 0 Å². The molecule has 0 spiro atoms. The molecule has 0 saturated carbocycles. The van der Waals surface area contributed by atoms with Crippen LogP contribution in [0.4, 0.5) is 8.78 Å². The molecule has 0 N–H and O–H groups in total. The summed E-state index contributed by atoms with van der Waals surface area (Å²) >= 11 is 0. The average molecular weight is 341 g/mol. The Morgan fingerprint density at radius 3 is 2.38 bits per heavy atom. The predicted octanol–water partition coefficient (Wildman–Crippen LogP) is 2.76. The lowest BCUT2D eigenvalue weighted by atomic mass is 9.93. The van der Waals surface area contributed by atoms with E-state index in [1.54, 1.807) is 4.90 Å². The number of rotatable bonds is 3. The molecule has 3 heterocycles. The number of hydrogen-bond acceptors (Lipinski definition) is 4. The molecule has 0 unspecified atom stereocenters. The molecular weight excluding hydrogens is 316 g/mol. The lowest BCUT2D eigenvalue weighted by Crippen LogP contribution is -2.47. The van der Waals surface area contributed by atoms with Gasteiger partial charge in [0.25, 0.3) is 5.92 Å². The van der Waals surface area contributed by atoms with Gasteiger partial charge in [-0.05, 0) is 39.8 Å². The van der Waals surface area contributed by atoms with Crippen molar-refractivity contribution in [2.45, 2.75) is 52.0 Å². The highest BCUT2D eigenvalue weighted by Crippen LogP contribution is 2.30. The van der Waals surface area contributed by atoms with Crippen molar-refractivity contribution in [2.75, 3.05) is 26.2 Å². The quantitative estimate of drug-likeness (QED) is 0.848. The number of aromatic nitrogens is 1. The van der Waals surface area contributed by atoms with E-state index in [4.69, 9.17) is 4.52 Å². The van der Waals surface area contributed by atoms with E-state index < -0.39 is 5.92 Å². The molecule has 1 amide bonds. The Morgan fingerprint density at radius 2 is 1.83 bits per heavy atom. The molecular formula is C17H25F2N3O2. The third kappa shape index (κ3) is 3.77. The fourth-order valence-electron chi connectivity index (χ4n) is 3.60. The van der Waals surface area contributed by atoms with E-state index in [1.165, 1.54) is 0 Å². The molecule has 0 aliphatic carbocycles. The van der Waals surface area contributed by atoms with Gasteiger partial charge < -0.3 is 9.42 Å². The molecule has 1 aromatic rings. The van der Waals surface area contributed by atoms with Crippen molar-refractivity contribution < 1.29 is 18.1 Å². The molecule has 2 fully saturated rings. The van der Waals surface area contributed by atoms with Crippen molar-refractivity contribution in [3.05, 3.63) is 17.0 Å². The van der Waals surface area contributed by atoms with E-state index in [0.717, 1.165) is 49.5 Å². The van der Waals surface area contributed by atoms with Gasteiger partial charge in [-0.3, -0.25) is 9.69 Å². The third-order valence-electron chi connectivity index (χ3n) is 5.31. The first-order valence-corrected chi connectivity index (χ1v) is 8.66. The second-order valence-electron chi connectivity index (χ2n) is 7.03. The summed E-state index contributed by atoms with van der Waals surface area (Å²) in [4.78, 5) is 16.5. The largest absolute Gasteiger partial charge is 0.361 e.